The summed E-state index contributed by atoms with van der Waals surface area (Å²) in [7, 11) is 0. The molecule has 0 saturated heterocycles. The fourth-order valence-electron chi connectivity index (χ4n) is 2.54. The fraction of sp³-hybridized carbons (Fsp3) is 0.111. The molecule has 1 atom stereocenters. The lowest BCUT2D eigenvalue weighted by molar-refractivity contribution is 0.194. The van der Waals surface area contributed by atoms with Crippen molar-refractivity contribution in [1.29, 1.82) is 0 Å². The number of aromatic nitrogens is 4. The maximum Gasteiger partial charge on any atom is 0.151 e. The van der Waals surface area contributed by atoms with Crippen LogP contribution in [0, 0.1) is 0 Å². The highest BCUT2D eigenvalue weighted by atomic mass is 35.5. The van der Waals surface area contributed by atoms with Crippen molar-refractivity contribution in [3.05, 3.63) is 58.6 Å². The van der Waals surface area contributed by atoms with Crippen molar-refractivity contribution < 1.29 is 5.11 Å². The summed E-state index contributed by atoms with van der Waals surface area (Å²) in [5.41, 5.74) is 1.99. The topological polar surface area (TPSA) is 83.8 Å². The van der Waals surface area contributed by atoms with Crippen LogP contribution in [-0.2, 0) is 0 Å². The van der Waals surface area contributed by atoms with Gasteiger partial charge in [0.2, 0.25) is 0 Å². The summed E-state index contributed by atoms with van der Waals surface area (Å²) in [6, 6.07) is 8.87. The highest BCUT2D eigenvalue weighted by Gasteiger charge is 2.16. The largest absolute Gasteiger partial charge is 0.387 e. The van der Waals surface area contributed by atoms with Crippen LogP contribution in [0.5, 0.6) is 0 Å². The SMILES string of the molecule is C[C@@H](O)c1cc(Nc2nccc3nc(-c4c(Cl)cccc4Cl)sc23)ncn1. The number of hydrogen-bond acceptors (Lipinski definition) is 7. The number of anilines is 2. The fourth-order valence-corrected chi connectivity index (χ4v) is 4.31. The first kappa shape index (κ1) is 18.1. The molecule has 136 valence electrons. The average molecular weight is 418 g/mol. The molecule has 9 heteroatoms. The van der Waals surface area contributed by atoms with E-state index in [0.29, 0.717) is 37.9 Å². The zero-order chi connectivity index (χ0) is 19.0. The Morgan fingerprint density at radius 1 is 1.11 bits per heavy atom. The molecule has 0 unspecified atom stereocenters. The molecule has 0 fully saturated rings. The number of aliphatic hydroxyl groups is 1. The Morgan fingerprint density at radius 2 is 1.89 bits per heavy atom. The molecule has 4 aromatic rings. The minimum absolute atomic E-state index is 0.521. The molecule has 4 rings (SSSR count). The summed E-state index contributed by atoms with van der Waals surface area (Å²) in [5, 5.41) is 14.7. The Labute approximate surface area is 168 Å². The predicted octanol–water partition coefficient (Wildman–Crippen LogP) is 5.25. The van der Waals surface area contributed by atoms with Crippen LogP contribution in [-0.4, -0.2) is 25.0 Å². The van der Waals surface area contributed by atoms with E-state index in [1.807, 2.05) is 6.07 Å². The second-order valence-corrected chi connectivity index (χ2v) is 7.57. The third-order valence-electron chi connectivity index (χ3n) is 3.84. The van der Waals surface area contributed by atoms with Crippen LogP contribution in [0.2, 0.25) is 10.0 Å². The van der Waals surface area contributed by atoms with E-state index in [9.17, 15) is 5.11 Å². The van der Waals surface area contributed by atoms with E-state index in [-0.39, 0.29) is 0 Å². The first-order valence-electron chi connectivity index (χ1n) is 8.00. The van der Waals surface area contributed by atoms with Gasteiger partial charge in [-0.05, 0) is 25.1 Å². The van der Waals surface area contributed by atoms with Crippen molar-refractivity contribution >= 4 is 56.4 Å². The summed E-state index contributed by atoms with van der Waals surface area (Å²) in [4.78, 5) is 17.3. The quantitative estimate of drug-likeness (QED) is 0.471. The van der Waals surface area contributed by atoms with E-state index in [1.165, 1.54) is 17.7 Å². The van der Waals surface area contributed by atoms with Gasteiger partial charge < -0.3 is 10.4 Å². The Balaban J connectivity index is 1.77. The molecule has 0 aliphatic rings. The first-order valence-corrected chi connectivity index (χ1v) is 9.57. The molecule has 0 bridgehead atoms. The summed E-state index contributed by atoms with van der Waals surface area (Å²) < 4.78 is 0.848. The van der Waals surface area contributed by atoms with Crippen molar-refractivity contribution in [3.8, 4) is 10.6 Å². The number of nitrogens with zero attached hydrogens (tertiary/aromatic N) is 4. The van der Waals surface area contributed by atoms with Crippen LogP contribution in [0.4, 0.5) is 11.6 Å². The number of thiazole rings is 1. The van der Waals surface area contributed by atoms with Gasteiger partial charge >= 0.3 is 0 Å². The molecule has 0 aliphatic carbocycles. The van der Waals surface area contributed by atoms with E-state index in [0.717, 1.165) is 10.2 Å². The summed E-state index contributed by atoms with van der Waals surface area (Å²) in [6.45, 7) is 1.65. The predicted molar refractivity (Wildman–Crippen MR) is 109 cm³/mol. The molecule has 0 spiro atoms. The van der Waals surface area contributed by atoms with Crippen LogP contribution in [0.15, 0.2) is 42.9 Å². The second kappa shape index (κ2) is 7.36. The maximum absolute atomic E-state index is 9.70. The third kappa shape index (κ3) is 3.59. The van der Waals surface area contributed by atoms with Crippen molar-refractivity contribution in [3.63, 3.8) is 0 Å². The lowest BCUT2D eigenvalue weighted by Crippen LogP contribution is -2.01. The van der Waals surface area contributed by atoms with Gasteiger partial charge in [0.15, 0.2) is 5.82 Å². The van der Waals surface area contributed by atoms with Gasteiger partial charge in [-0.15, -0.1) is 11.3 Å². The number of halogens is 2. The molecular weight excluding hydrogens is 405 g/mol. The van der Waals surface area contributed by atoms with E-state index in [4.69, 9.17) is 23.2 Å². The molecule has 3 heterocycles. The summed E-state index contributed by atoms with van der Waals surface area (Å²) in [6.07, 6.45) is 2.38. The molecule has 6 nitrogen and oxygen atoms in total. The molecule has 0 amide bonds. The number of aliphatic hydroxyl groups excluding tert-OH is 1. The van der Waals surface area contributed by atoms with Crippen molar-refractivity contribution in [2.24, 2.45) is 0 Å². The molecule has 2 N–H and O–H groups in total. The van der Waals surface area contributed by atoms with Crippen molar-refractivity contribution in [1.82, 2.24) is 19.9 Å². The number of hydrogen-bond donors (Lipinski definition) is 2. The minimum atomic E-state index is -0.685. The second-order valence-electron chi connectivity index (χ2n) is 5.75. The van der Waals surface area contributed by atoms with Crippen LogP contribution < -0.4 is 5.32 Å². The van der Waals surface area contributed by atoms with Gasteiger partial charge in [0, 0.05) is 17.8 Å². The zero-order valence-electron chi connectivity index (χ0n) is 14.0. The van der Waals surface area contributed by atoms with Gasteiger partial charge in [-0.3, -0.25) is 0 Å². The smallest absolute Gasteiger partial charge is 0.151 e. The lowest BCUT2D eigenvalue weighted by Gasteiger charge is -2.08. The normalized spacial score (nSPS) is 12.3. The molecule has 27 heavy (non-hydrogen) atoms. The molecule has 0 saturated carbocycles. The highest BCUT2D eigenvalue weighted by Crippen LogP contribution is 2.40. The number of nitrogens with one attached hydrogen (secondary N) is 1. The van der Waals surface area contributed by atoms with Gasteiger partial charge in [0.25, 0.3) is 0 Å². The first-order chi connectivity index (χ1) is 13.0. The molecule has 0 radical (unpaired) electrons. The van der Waals surface area contributed by atoms with E-state index in [2.05, 4.69) is 25.3 Å². The molecule has 0 aliphatic heterocycles. The lowest BCUT2D eigenvalue weighted by atomic mass is 10.2. The van der Waals surface area contributed by atoms with E-state index in [1.54, 1.807) is 37.4 Å². The van der Waals surface area contributed by atoms with Gasteiger partial charge in [-0.1, -0.05) is 29.3 Å². The van der Waals surface area contributed by atoms with Gasteiger partial charge in [0.1, 0.15) is 17.2 Å². The molecule has 3 aromatic heterocycles. The zero-order valence-corrected chi connectivity index (χ0v) is 16.3. The van der Waals surface area contributed by atoms with E-state index >= 15 is 0 Å². The van der Waals surface area contributed by atoms with Gasteiger partial charge in [0.05, 0.1) is 32.1 Å². The van der Waals surface area contributed by atoms with Crippen LogP contribution in [0.25, 0.3) is 20.8 Å². The average Bonchev–Trinajstić information content (AvgIpc) is 3.06. The van der Waals surface area contributed by atoms with Crippen molar-refractivity contribution in [2.75, 3.05) is 5.32 Å². The maximum atomic E-state index is 9.70. The number of pyridine rings is 1. The van der Waals surface area contributed by atoms with Gasteiger partial charge in [-0.25, -0.2) is 19.9 Å². The van der Waals surface area contributed by atoms with Gasteiger partial charge in [-0.2, -0.15) is 0 Å². The standard InChI is InChI=1S/C18H13Cl2N5OS/c1-9(26)13-7-14(23-8-22-13)25-17-16-12(5-6-21-17)24-18(27-16)15-10(19)3-2-4-11(15)20/h2-9,26H,1H3,(H,21,22,23,25)/t9-/m1/s1. The van der Waals surface area contributed by atoms with Crippen LogP contribution in [0.1, 0.15) is 18.7 Å². The van der Waals surface area contributed by atoms with E-state index < -0.39 is 6.10 Å². The van der Waals surface area contributed by atoms with Crippen LogP contribution in [0.3, 0.4) is 0 Å². The summed E-state index contributed by atoms with van der Waals surface area (Å²) >= 11 is 14.1. The minimum Gasteiger partial charge on any atom is -0.387 e. The summed E-state index contributed by atoms with van der Waals surface area (Å²) in [5.74, 6) is 1.14. The number of rotatable bonds is 4. The van der Waals surface area contributed by atoms with Crippen molar-refractivity contribution in [2.45, 2.75) is 13.0 Å². The van der Waals surface area contributed by atoms with Crippen LogP contribution >= 0.6 is 34.5 Å². The highest BCUT2D eigenvalue weighted by molar-refractivity contribution is 7.22. The number of fused-ring (bicyclic) bond motifs is 1. The Kier molecular flexibility index (Phi) is 4.92. The third-order valence-corrected chi connectivity index (χ3v) is 5.57. The monoisotopic (exact) mass is 417 g/mol. The Hall–Kier alpha value is -2.32. The Morgan fingerprint density at radius 3 is 2.63 bits per heavy atom. The number of benzene rings is 1. The molecule has 1 aromatic carbocycles. The Bertz CT molecular complexity index is 1110. The molecular formula is C18H13Cl2N5OS.